The van der Waals surface area contributed by atoms with E-state index in [-0.39, 0.29) is 11.8 Å². The van der Waals surface area contributed by atoms with Crippen LogP contribution in [0.4, 0.5) is 0 Å². The van der Waals surface area contributed by atoms with Crippen LogP contribution in [0, 0.1) is 0 Å². The maximum absolute atomic E-state index is 11.8. The number of hydrogen-bond acceptors (Lipinski definition) is 2. The van der Waals surface area contributed by atoms with Crippen molar-refractivity contribution in [2.24, 2.45) is 0 Å². The zero-order valence-electron chi connectivity index (χ0n) is 10.7. The summed E-state index contributed by atoms with van der Waals surface area (Å²) in [6, 6.07) is 0. The minimum atomic E-state index is 0.00494. The van der Waals surface area contributed by atoms with Crippen LogP contribution in [0.25, 0.3) is 0 Å². The molecule has 4 nitrogen and oxygen atoms in total. The molecule has 0 unspecified atom stereocenters. The topological polar surface area (TPSA) is 49.4 Å². The van der Waals surface area contributed by atoms with E-state index in [9.17, 15) is 9.59 Å². The second-order valence-electron chi connectivity index (χ2n) is 3.91. The molecule has 0 radical (unpaired) electrons. The summed E-state index contributed by atoms with van der Waals surface area (Å²) < 4.78 is 0. The monoisotopic (exact) mass is 228 g/mol. The Morgan fingerprint density at radius 3 is 2.06 bits per heavy atom. The third-order valence-electron chi connectivity index (χ3n) is 2.41. The summed E-state index contributed by atoms with van der Waals surface area (Å²) in [5.74, 6) is 0.179. The van der Waals surface area contributed by atoms with E-state index in [4.69, 9.17) is 0 Å². The molecule has 0 aliphatic rings. The van der Waals surface area contributed by atoms with Crippen molar-refractivity contribution < 1.29 is 9.59 Å². The third-order valence-corrected chi connectivity index (χ3v) is 2.41. The molecule has 0 aromatic rings. The average Bonchev–Trinajstić information content (AvgIpc) is 2.28. The van der Waals surface area contributed by atoms with Crippen LogP contribution in [0.2, 0.25) is 0 Å². The number of rotatable bonds is 8. The molecule has 1 N–H and O–H groups in total. The zero-order valence-corrected chi connectivity index (χ0v) is 10.7. The lowest BCUT2D eigenvalue weighted by Crippen LogP contribution is -2.32. The van der Waals surface area contributed by atoms with E-state index in [0.717, 1.165) is 25.9 Å². The molecule has 0 spiro atoms. The summed E-state index contributed by atoms with van der Waals surface area (Å²) in [7, 11) is 1.62. The second kappa shape index (κ2) is 9.19. The quantitative estimate of drug-likeness (QED) is 0.685. The number of amides is 2. The van der Waals surface area contributed by atoms with Gasteiger partial charge in [-0.25, -0.2) is 0 Å². The van der Waals surface area contributed by atoms with Crippen LogP contribution < -0.4 is 5.32 Å². The van der Waals surface area contributed by atoms with Crippen molar-refractivity contribution in [2.45, 2.75) is 46.0 Å². The maximum atomic E-state index is 11.8. The number of nitrogens with zero attached hydrogens (tertiary/aromatic N) is 1. The Morgan fingerprint density at radius 1 is 1.06 bits per heavy atom. The minimum Gasteiger partial charge on any atom is -0.359 e. The average molecular weight is 228 g/mol. The smallest absolute Gasteiger partial charge is 0.222 e. The van der Waals surface area contributed by atoms with Gasteiger partial charge in [0.05, 0.1) is 0 Å². The first kappa shape index (κ1) is 14.9. The Morgan fingerprint density at radius 2 is 1.62 bits per heavy atom. The van der Waals surface area contributed by atoms with Gasteiger partial charge in [-0.05, 0) is 19.3 Å². The Kier molecular flexibility index (Phi) is 8.58. The lowest BCUT2D eigenvalue weighted by molar-refractivity contribution is -0.131. The van der Waals surface area contributed by atoms with Crippen LogP contribution >= 0.6 is 0 Å². The normalized spacial score (nSPS) is 9.94. The summed E-state index contributed by atoms with van der Waals surface area (Å²) in [5.41, 5.74) is 0. The van der Waals surface area contributed by atoms with Crippen LogP contribution in [0.5, 0.6) is 0 Å². The third kappa shape index (κ3) is 6.43. The lowest BCUT2D eigenvalue weighted by atomic mass is 10.2. The molecule has 4 heteroatoms. The number of carbonyl (C=O) groups is 2. The molecule has 0 saturated heterocycles. The van der Waals surface area contributed by atoms with E-state index in [1.807, 2.05) is 4.90 Å². The predicted octanol–water partition coefficient (Wildman–Crippen LogP) is 1.55. The van der Waals surface area contributed by atoms with Crippen LogP contribution in [0.3, 0.4) is 0 Å². The van der Waals surface area contributed by atoms with E-state index in [1.54, 1.807) is 7.05 Å². The van der Waals surface area contributed by atoms with Gasteiger partial charge in [-0.3, -0.25) is 9.59 Å². The highest BCUT2D eigenvalue weighted by molar-refractivity contribution is 5.78. The van der Waals surface area contributed by atoms with Crippen LogP contribution in [0.15, 0.2) is 0 Å². The van der Waals surface area contributed by atoms with Gasteiger partial charge in [0.25, 0.3) is 0 Å². The fourth-order valence-corrected chi connectivity index (χ4v) is 1.58. The van der Waals surface area contributed by atoms with Crippen molar-refractivity contribution in [1.82, 2.24) is 10.2 Å². The number of nitrogens with one attached hydrogen (secondary N) is 1. The fourth-order valence-electron chi connectivity index (χ4n) is 1.58. The fraction of sp³-hybridized carbons (Fsp3) is 0.833. The molecule has 16 heavy (non-hydrogen) atoms. The molecule has 0 aromatic heterocycles. The first-order valence-corrected chi connectivity index (χ1v) is 6.14. The first-order chi connectivity index (χ1) is 7.65. The van der Waals surface area contributed by atoms with Gasteiger partial charge in [-0.1, -0.05) is 13.8 Å². The van der Waals surface area contributed by atoms with Crippen molar-refractivity contribution in [3.8, 4) is 0 Å². The zero-order chi connectivity index (χ0) is 12.4. The largest absolute Gasteiger partial charge is 0.359 e. The minimum absolute atomic E-state index is 0.00494. The van der Waals surface area contributed by atoms with Crippen molar-refractivity contribution in [3.05, 3.63) is 0 Å². The molecule has 0 aliphatic carbocycles. The highest BCUT2D eigenvalue weighted by Gasteiger charge is 2.11. The number of carbonyl (C=O) groups excluding carboxylic acids is 2. The second-order valence-corrected chi connectivity index (χ2v) is 3.91. The molecule has 0 saturated carbocycles. The van der Waals surface area contributed by atoms with Crippen LogP contribution in [-0.4, -0.2) is 36.9 Å². The summed E-state index contributed by atoms with van der Waals surface area (Å²) in [6.07, 6.45) is 3.53. The van der Waals surface area contributed by atoms with Gasteiger partial charge in [-0.2, -0.15) is 0 Å². The van der Waals surface area contributed by atoms with Crippen LogP contribution in [0.1, 0.15) is 46.0 Å². The molecular weight excluding hydrogens is 204 g/mol. The maximum Gasteiger partial charge on any atom is 0.222 e. The van der Waals surface area contributed by atoms with E-state index < -0.39 is 0 Å². The molecule has 2 amide bonds. The summed E-state index contributed by atoms with van der Waals surface area (Å²) in [4.78, 5) is 24.7. The predicted molar refractivity (Wildman–Crippen MR) is 65.1 cm³/mol. The molecule has 94 valence electrons. The highest BCUT2D eigenvalue weighted by Crippen LogP contribution is 2.03. The molecule has 0 aliphatic heterocycles. The Bertz CT molecular complexity index is 211. The Labute approximate surface area is 98.4 Å². The molecule has 0 atom stereocenters. The molecule has 0 bridgehead atoms. The van der Waals surface area contributed by atoms with Crippen molar-refractivity contribution in [2.75, 3.05) is 20.1 Å². The van der Waals surface area contributed by atoms with Gasteiger partial charge in [0.1, 0.15) is 0 Å². The van der Waals surface area contributed by atoms with Gasteiger partial charge in [-0.15, -0.1) is 0 Å². The summed E-state index contributed by atoms with van der Waals surface area (Å²) in [6.45, 7) is 5.79. The summed E-state index contributed by atoms with van der Waals surface area (Å²) in [5, 5.41) is 2.55. The van der Waals surface area contributed by atoms with E-state index >= 15 is 0 Å². The molecule has 0 heterocycles. The van der Waals surface area contributed by atoms with Gasteiger partial charge in [0.15, 0.2) is 0 Å². The van der Waals surface area contributed by atoms with Gasteiger partial charge >= 0.3 is 0 Å². The summed E-state index contributed by atoms with van der Waals surface area (Å²) >= 11 is 0. The van der Waals surface area contributed by atoms with Gasteiger partial charge in [0, 0.05) is 33.0 Å². The Hall–Kier alpha value is -1.06. The van der Waals surface area contributed by atoms with Crippen molar-refractivity contribution >= 4 is 11.8 Å². The standard InChI is InChI=1S/C12H24N2O2/c1-4-9-14(10-5-2)12(16)8-6-7-11(15)13-3/h4-10H2,1-3H3,(H,13,15). The van der Waals surface area contributed by atoms with E-state index in [0.29, 0.717) is 19.3 Å². The first-order valence-electron chi connectivity index (χ1n) is 6.14. The van der Waals surface area contributed by atoms with Crippen LogP contribution in [-0.2, 0) is 9.59 Å². The van der Waals surface area contributed by atoms with E-state index in [1.165, 1.54) is 0 Å². The lowest BCUT2D eigenvalue weighted by Gasteiger charge is -2.21. The highest BCUT2D eigenvalue weighted by atomic mass is 16.2. The molecular formula is C12H24N2O2. The van der Waals surface area contributed by atoms with E-state index in [2.05, 4.69) is 19.2 Å². The molecule has 0 aromatic carbocycles. The SMILES string of the molecule is CCCN(CCC)C(=O)CCCC(=O)NC. The van der Waals surface area contributed by atoms with Gasteiger partial charge in [0.2, 0.25) is 11.8 Å². The Balaban J connectivity index is 3.86. The number of hydrogen-bond donors (Lipinski definition) is 1. The van der Waals surface area contributed by atoms with Gasteiger partial charge < -0.3 is 10.2 Å². The molecule has 0 fully saturated rings. The molecule has 0 rings (SSSR count). The van der Waals surface area contributed by atoms with Crippen molar-refractivity contribution in [3.63, 3.8) is 0 Å². The van der Waals surface area contributed by atoms with Crippen molar-refractivity contribution in [1.29, 1.82) is 0 Å².